The van der Waals surface area contributed by atoms with Crippen LogP contribution in [0.2, 0.25) is 5.15 Å². The summed E-state index contributed by atoms with van der Waals surface area (Å²) in [6, 6.07) is 0. The van der Waals surface area contributed by atoms with Gasteiger partial charge < -0.3 is 4.98 Å². The summed E-state index contributed by atoms with van der Waals surface area (Å²) in [5.41, 5.74) is 2.66. The van der Waals surface area contributed by atoms with Crippen LogP contribution >= 0.6 is 50.5 Å². The first-order valence-electron chi connectivity index (χ1n) is 6.95. The van der Waals surface area contributed by atoms with Crippen LogP contribution in [0.1, 0.15) is 11.4 Å². The van der Waals surface area contributed by atoms with Crippen molar-refractivity contribution < 1.29 is 4.57 Å². The Balaban J connectivity index is 0.000000157. The van der Waals surface area contributed by atoms with Crippen molar-refractivity contribution in [3.63, 3.8) is 0 Å². The second kappa shape index (κ2) is 8.99. The minimum atomic E-state index is -3.22. The minimum Gasteiger partial charge on any atom is -0.310 e. The summed E-state index contributed by atoms with van der Waals surface area (Å²) < 4.78 is 12.6. The number of fused-ring (bicyclic) bond motifs is 2. The highest BCUT2D eigenvalue weighted by molar-refractivity contribution is 8.24. The number of aryl methyl sites for hydroxylation is 2. The molecule has 0 aromatic carbocycles. The van der Waals surface area contributed by atoms with Crippen molar-refractivity contribution in [1.29, 1.82) is 0 Å². The number of hydrogen-bond acceptors (Lipinski definition) is 7. The maximum atomic E-state index is 11.1. The molecule has 0 aliphatic rings. The van der Waals surface area contributed by atoms with Crippen LogP contribution in [0.4, 0.5) is 0 Å². The van der Waals surface area contributed by atoms with Gasteiger partial charge in [0.1, 0.15) is 30.8 Å². The Morgan fingerprint density at radius 2 is 1.48 bits per heavy atom. The predicted octanol–water partition coefficient (Wildman–Crippen LogP) is 3.62. The molecule has 0 radical (unpaired) electrons. The highest BCUT2D eigenvalue weighted by Gasteiger charge is 2.04. The molecule has 0 fully saturated rings. The van der Waals surface area contributed by atoms with E-state index in [0.29, 0.717) is 16.4 Å². The van der Waals surface area contributed by atoms with Gasteiger partial charge in [-0.1, -0.05) is 11.6 Å². The first-order chi connectivity index (χ1) is 12.6. The fourth-order valence-electron chi connectivity index (χ4n) is 1.95. The number of H-pyrrole nitrogens is 1. The first kappa shape index (κ1) is 21.6. The molecule has 27 heavy (non-hydrogen) atoms. The Bertz CT molecular complexity index is 1160. The second-order valence-corrected chi connectivity index (χ2v) is 11.8. The number of hydrogen-bond donors (Lipinski definition) is 1. The van der Waals surface area contributed by atoms with Gasteiger partial charge in [0.25, 0.3) is 5.56 Å². The Morgan fingerprint density at radius 1 is 0.963 bits per heavy atom. The van der Waals surface area contributed by atoms with Gasteiger partial charge >= 0.3 is 5.20 Å². The van der Waals surface area contributed by atoms with E-state index in [1.54, 1.807) is 17.8 Å². The quantitative estimate of drug-likeness (QED) is 0.388. The molecule has 4 heterocycles. The molecular formula is C12H11Cl4N8O2P. The van der Waals surface area contributed by atoms with Crippen LogP contribution < -0.4 is 5.56 Å². The first-order valence-corrected chi connectivity index (χ1v) is 11.7. The largest absolute Gasteiger partial charge is 0.339 e. The molecule has 0 saturated carbocycles. The van der Waals surface area contributed by atoms with E-state index in [0.717, 1.165) is 11.2 Å². The number of rotatable bonds is 0. The fraction of sp³-hybridized carbons (Fsp3) is 0.167. The van der Waals surface area contributed by atoms with Gasteiger partial charge in [0, 0.05) is 0 Å². The number of halogens is 4. The van der Waals surface area contributed by atoms with E-state index in [4.69, 9.17) is 11.6 Å². The molecule has 0 aliphatic carbocycles. The zero-order valence-corrected chi connectivity index (χ0v) is 17.6. The van der Waals surface area contributed by atoms with Crippen molar-refractivity contribution >= 4 is 61.6 Å². The lowest BCUT2D eigenvalue weighted by Gasteiger charge is -1.92. The van der Waals surface area contributed by atoms with Crippen molar-refractivity contribution in [3.8, 4) is 0 Å². The van der Waals surface area contributed by atoms with Crippen molar-refractivity contribution in [2.24, 2.45) is 0 Å². The monoisotopic (exact) mass is 470 g/mol. The van der Waals surface area contributed by atoms with Gasteiger partial charge in [0.05, 0.1) is 11.4 Å². The highest BCUT2D eigenvalue weighted by Crippen LogP contribution is 2.61. The van der Waals surface area contributed by atoms with E-state index in [1.165, 1.54) is 23.5 Å². The van der Waals surface area contributed by atoms with Gasteiger partial charge in [-0.25, -0.2) is 24.0 Å². The number of imidazole rings is 2. The van der Waals surface area contributed by atoms with Gasteiger partial charge in [-0.2, -0.15) is 10.2 Å². The second-order valence-electron chi connectivity index (χ2n) is 4.81. The van der Waals surface area contributed by atoms with E-state index in [9.17, 15) is 9.36 Å². The molecule has 4 aromatic heterocycles. The van der Waals surface area contributed by atoms with E-state index in [1.807, 2.05) is 6.92 Å². The van der Waals surface area contributed by atoms with Crippen molar-refractivity contribution in [2.45, 2.75) is 13.8 Å². The highest BCUT2D eigenvalue weighted by atomic mass is 36.0. The molecule has 144 valence electrons. The minimum absolute atomic E-state index is 0.157. The van der Waals surface area contributed by atoms with Crippen LogP contribution in [0.15, 0.2) is 30.1 Å². The summed E-state index contributed by atoms with van der Waals surface area (Å²) >= 11 is 19.6. The Labute approximate surface area is 171 Å². The Hall–Kier alpha value is -1.71. The molecule has 0 bridgehead atoms. The smallest absolute Gasteiger partial charge is 0.310 e. The lowest BCUT2D eigenvalue weighted by atomic mass is 10.4. The molecule has 0 aliphatic heterocycles. The molecule has 1 N–H and O–H groups in total. The fourth-order valence-corrected chi connectivity index (χ4v) is 2.22. The van der Waals surface area contributed by atoms with Gasteiger partial charge in [-0.3, -0.25) is 9.36 Å². The third-order valence-electron chi connectivity index (χ3n) is 3.00. The van der Waals surface area contributed by atoms with Crippen LogP contribution in [0.25, 0.3) is 11.0 Å². The third kappa shape index (κ3) is 6.15. The summed E-state index contributed by atoms with van der Waals surface area (Å²) in [6.07, 6.45) is 5.87. The van der Waals surface area contributed by atoms with Crippen molar-refractivity contribution in [2.75, 3.05) is 0 Å². The average Bonchev–Trinajstić information content (AvgIpc) is 3.12. The number of nitrogens with zero attached hydrogens (tertiary/aromatic N) is 7. The Kier molecular flexibility index (Phi) is 7.19. The molecule has 4 aromatic rings. The van der Waals surface area contributed by atoms with Crippen LogP contribution in [0.5, 0.6) is 0 Å². The molecule has 0 amide bonds. The molecule has 4 rings (SSSR count). The zero-order valence-electron chi connectivity index (χ0n) is 13.7. The third-order valence-corrected chi connectivity index (χ3v) is 3.28. The lowest BCUT2D eigenvalue weighted by molar-refractivity contribution is 0.600. The van der Waals surface area contributed by atoms with E-state index in [2.05, 4.69) is 63.9 Å². The average molecular weight is 472 g/mol. The topological polar surface area (TPSA) is 123 Å². The SMILES string of the molecule is Cc1ncn2nc[nH]c(=O)c12.Cc1ncn2ncnc(Cl)c12.O=P(Cl)(Cl)Cl. The predicted molar refractivity (Wildman–Crippen MR) is 104 cm³/mol. The van der Waals surface area contributed by atoms with Gasteiger partial charge in [-0.05, 0) is 47.6 Å². The Morgan fingerprint density at radius 3 is 2.00 bits per heavy atom. The van der Waals surface area contributed by atoms with Crippen LogP contribution in [0, 0.1) is 13.8 Å². The summed E-state index contributed by atoms with van der Waals surface area (Å²) in [5.74, 6) is 0. The normalized spacial score (nSPS) is 10.9. The molecule has 0 spiro atoms. The lowest BCUT2D eigenvalue weighted by Crippen LogP contribution is -2.10. The van der Waals surface area contributed by atoms with E-state index >= 15 is 0 Å². The van der Waals surface area contributed by atoms with Crippen LogP contribution in [-0.4, -0.2) is 39.2 Å². The molecular weight excluding hydrogens is 461 g/mol. The van der Waals surface area contributed by atoms with Crippen molar-refractivity contribution in [1.82, 2.24) is 39.2 Å². The number of aromatic amines is 1. The van der Waals surface area contributed by atoms with Gasteiger partial charge in [0.15, 0.2) is 10.7 Å². The maximum Gasteiger partial charge on any atom is 0.339 e. The molecule has 0 atom stereocenters. The van der Waals surface area contributed by atoms with Crippen LogP contribution in [-0.2, 0) is 4.57 Å². The number of nitrogens with one attached hydrogen (secondary N) is 1. The summed E-state index contributed by atoms with van der Waals surface area (Å²) in [4.78, 5) is 25.4. The van der Waals surface area contributed by atoms with Gasteiger partial charge in [0.2, 0.25) is 0 Å². The standard InChI is InChI=1S/C6H5ClN4.C6H6N4O.Cl3OP/c1-4-5-6(7)8-2-10-11(5)3-9-4;1-4-5-6(11)7-2-9-10(5)3-8-4;1-5(2,3)4/h2-3H,1H3;2-3H,1H3,(H,7,9,11);. The summed E-state index contributed by atoms with van der Waals surface area (Å²) in [5, 5.41) is 5.00. The summed E-state index contributed by atoms with van der Waals surface area (Å²) in [7, 11) is 0. The molecule has 10 nitrogen and oxygen atoms in total. The molecule has 0 saturated heterocycles. The van der Waals surface area contributed by atoms with E-state index in [-0.39, 0.29) is 5.56 Å². The van der Waals surface area contributed by atoms with E-state index < -0.39 is 5.20 Å². The maximum absolute atomic E-state index is 11.1. The molecule has 15 heteroatoms. The van der Waals surface area contributed by atoms with Crippen LogP contribution in [0.3, 0.4) is 0 Å². The zero-order chi connectivity index (χ0) is 20.2. The molecule has 0 unspecified atom stereocenters. The van der Waals surface area contributed by atoms with Gasteiger partial charge in [-0.15, -0.1) is 0 Å². The summed E-state index contributed by atoms with van der Waals surface area (Å²) in [6.45, 7) is 3.64. The van der Waals surface area contributed by atoms with Crippen molar-refractivity contribution in [3.05, 3.63) is 52.2 Å². The number of aromatic nitrogens is 8.